The summed E-state index contributed by atoms with van der Waals surface area (Å²) in [4.78, 5) is 13.7. The Morgan fingerprint density at radius 2 is 2.47 bits per heavy atom. The van der Waals surface area contributed by atoms with Gasteiger partial charge in [-0.1, -0.05) is 17.8 Å². The number of carbonyl (C=O) groups excluding carboxylic acids is 1. The third-order valence-corrected chi connectivity index (χ3v) is 3.16. The summed E-state index contributed by atoms with van der Waals surface area (Å²) in [7, 11) is 0. The van der Waals surface area contributed by atoms with Crippen LogP contribution in [0.5, 0.6) is 0 Å². The maximum Gasteiger partial charge on any atom is 0.229 e. The lowest BCUT2D eigenvalue weighted by molar-refractivity contribution is -0.136. The van der Waals surface area contributed by atoms with Gasteiger partial charge in [0.2, 0.25) is 5.91 Å². The van der Waals surface area contributed by atoms with Crippen LogP contribution in [-0.4, -0.2) is 28.9 Å². The predicted octanol–water partition coefficient (Wildman–Crippen LogP) is 2.49. The molecule has 1 aliphatic heterocycles. The molecular weight excluding hydrogens is 208 g/mol. The molecule has 15 heavy (non-hydrogen) atoms. The van der Waals surface area contributed by atoms with E-state index >= 15 is 0 Å². The summed E-state index contributed by atoms with van der Waals surface area (Å²) in [6, 6.07) is 0. The molecule has 0 aromatic rings. The van der Waals surface area contributed by atoms with Crippen LogP contribution in [0.3, 0.4) is 0 Å². The van der Waals surface area contributed by atoms with Crippen LogP contribution in [-0.2, 0) is 4.79 Å². The van der Waals surface area contributed by atoms with Crippen LogP contribution in [0.1, 0.15) is 26.7 Å². The summed E-state index contributed by atoms with van der Waals surface area (Å²) in [5, 5.41) is 9.68. The Morgan fingerprint density at radius 3 is 3.07 bits per heavy atom. The third-order valence-electron chi connectivity index (χ3n) is 2.51. The van der Waals surface area contributed by atoms with E-state index in [-0.39, 0.29) is 11.8 Å². The number of nitrogens with zero attached hydrogens (tertiary/aromatic N) is 1. The Labute approximate surface area is 95.4 Å². The number of nitrogens with one attached hydrogen (secondary N) is 1. The lowest BCUT2D eigenvalue weighted by Crippen LogP contribution is -2.40. The van der Waals surface area contributed by atoms with Crippen molar-refractivity contribution in [1.29, 1.82) is 5.41 Å². The fourth-order valence-corrected chi connectivity index (χ4v) is 2.17. The van der Waals surface area contributed by atoms with Crippen molar-refractivity contribution in [3.8, 4) is 0 Å². The second-order valence-corrected chi connectivity index (χ2v) is 4.79. The first-order valence-corrected chi connectivity index (χ1v) is 6.20. The molecule has 1 fully saturated rings. The minimum Gasteiger partial charge on any atom is -0.342 e. The largest absolute Gasteiger partial charge is 0.342 e. The van der Waals surface area contributed by atoms with Gasteiger partial charge in [0.15, 0.2) is 0 Å². The minimum absolute atomic E-state index is 0.0329. The maximum absolute atomic E-state index is 11.8. The molecule has 0 radical (unpaired) electrons. The van der Waals surface area contributed by atoms with Gasteiger partial charge in [0.1, 0.15) is 0 Å². The predicted molar refractivity (Wildman–Crippen MR) is 65.1 cm³/mol. The zero-order chi connectivity index (χ0) is 11.3. The van der Waals surface area contributed by atoms with Crippen LogP contribution in [0, 0.1) is 11.3 Å². The van der Waals surface area contributed by atoms with E-state index in [4.69, 9.17) is 5.41 Å². The standard InChI is InChI=1S/C11H18N2OS/c1-3-13-7-4-5-10(11(13)14)6-8-15-9(2)12/h6,8,10,12H,3-5,7H2,1-2H3/b8-6+,12-9?. The first kappa shape index (κ1) is 12.3. The van der Waals surface area contributed by atoms with Crippen molar-refractivity contribution in [2.24, 2.45) is 5.92 Å². The molecule has 0 aliphatic carbocycles. The average molecular weight is 226 g/mol. The molecule has 1 atom stereocenters. The molecule has 1 rings (SSSR count). The molecule has 0 aromatic carbocycles. The number of thioether (sulfide) groups is 1. The molecule has 1 aliphatic rings. The van der Waals surface area contributed by atoms with E-state index in [2.05, 4.69) is 0 Å². The van der Waals surface area contributed by atoms with Gasteiger partial charge in [0.25, 0.3) is 0 Å². The molecule has 0 spiro atoms. The minimum atomic E-state index is 0.0329. The highest BCUT2D eigenvalue weighted by Gasteiger charge is 2.25. The highest BCUT2D eigenvalue weighted by atomic mass is 32.2. The Balaban J connectivity index is 2.50. The molecule has 1 amide bonds. The van der Waals surface area contributed by atoms with Crippen LogP contribution in [0.4, 0.5) is 0 Å². The van der Waals surface area contributed by atoms with Gasteiger partial charge < -0.3 is 4.90 Å². The summed E-state index contributed by atoms with van der Waals surface area (Å²) < 4.78 is 0. The summed E-state index contributed by atoms with van der Waals surface area (Å²) in [5.41, 5.74) is 0. The van der Waals surface area contributed by atoms with E-state index in [1.807, 2.05) is 23.3 Å². The van der Waals surface area contributed by atoms with Crippen LogP contribution < -0.4 is 0 Å². The van der Waals surface area contributed by atoms with Crippen molar-refractivity contribution in [2.75, 3.05) is 13.1 Å². The monoisotopic (exact) mass is 226 g/mol. The van der Waals surface area contributed by atoms with Crippen molar-refractivity contribution in [3.63, 3.8) is 0 Å². The fraction of sp³-hybridized carbons (Fsp3) is 0.636. The normalized spacial score (nSPS) is 22.4. The van der Waals surface area contributed by atoms with Crippen LogP contribution in [0.25, 0.3) is 0 Å². The molecule has 84 valence electrons. The second kappa shape index (κ2) is 5.95. The third kappa shape index (κ3) is 3.70. The Kier molecular flexibility index (Phi) is 4.88. The van der Waals surface area contributed by atoms with E-state index in [0.717, 1.165) is 25.9 Å². The lowest BCUT2D eigenvalue weighted by Gasteiger charge is -2.29. The summed E-state index contributed by atoms with van der Waals surface area (Å²) in [6.07, 6.45) is 3.97. The molecule has 0 aromatic heterocycles. The number of likely N-dealkylation sites (tertiary alicyclic amines) is 1. The van der Waals surface area contributed by atoms with Gasteiger partial charge in [0, 0.05) is 13.1 Å². The van der Waals surface area contributed by atoms with E-state index in [1.54, 1.807) is 6.92 Å². The van der Waals surface area contributed by atoms with Gasteiger partial charge in [0.05, 0.1) is 11.0 Å². The highest BCUT2D eigenvalue weighted by Crippen LogP contribution is 2.20. The molecule has 0 bridgehead atoms. The Morgan fingerprint density at radius 1 is 1.73 bits per heavy atom. The Bertz CT molecular complexity index is 276. The number of carbonyl (C=O) groups is 1. The van der Waals surface area contributed by atoms with Gasteiger partial charge in [-0.15, -0.1) is 0 Å². The van der Waals surface area contributed by atoms with Crippen molar-refractivity contribution in [2.45, 2.75) is 26.7 Å². The van der Waals surface area contributed by atoms with E-state index in [9.17, 15) is 4.79 Å². The summed E-state index contributed by atoms with van der Waals surface area (Å²) in [6.45, 7) is 5.47. The lowest BCUT2D eigenvalue weighted by atomic mass is 9.97. The van der Waals surface area contributed by atoms with Crippen LogP contribution >= 0.6 is 11.8 Å². The van der Waals surface area contributed by atoms with Gasteiger partial charge in [-0.3, -0.25) is 10.2 Å². The fourth-order valence-electron chi connectivity index (χ4n) is 1.70. The van der Waals surface area contributed by atoms with E-state index in [0.29, 0.717) is 5.04 Å². The zero-order valence-electron chi connectivity index (χ0n) is 9.32. The van der Waals surface area contributed by atoms with E-state index < -0.39 is 0 Å². The molecule has 1 saturated heterocycles. The number of amides is 1. The topological polar surface area (TPSA) is 44.2 Å². The average Bonchev–Trinajstić information content (AvgIpc) is 2.20. The van der Waals surface area contributed by atoms with Gasteiger partial charge in [-0.25, -0.2) is 0 Å². The van der Waals surface area contributed by atoms with Gasteiger partial charge >= 0.3 is 0 Å². The molecule has 1 unspecified atom stereocenters. The van der Waals surface area contributed by atoms with Crippen LogP contribution in [0.15, 0.2) is 11.5 Å². The number of hydrogen-bond donors (Lipinski definition) is 1. The quantitative estimate of drug-likeness (QED) is 0.593. The molecule has 0 saturated carbocycles. The van der Waals surface area contributed by atoms with Crippen molar-refractivity contribution >= 4 is 22.7 Å². The van der Waals surface area contributed by atoms with Crippen molar-refractivity contribution in [3.05, 3.63) is 11.5 Å². The summed E-state index contributed by atoms with van der Waals surface area (Å²) in [5.74, 6) is 0.272. The first-order valence-electron chi connectivity index (χ1n) is 5.32. The molecule has 1 heterocycles. The first-order chi connectivity index (χ1) is 7.15. The number of rotatable bonds is 3. The maximum atomic E-state index is 11.8. The Hall–Kier alpha value is -0.770. The SMILES string of the molecule is CCN1CCCC(/C=C/SC(C)=N)C1=O. The van der Waals surface area contributed by atoms with Crippen LogP contribution in [0.2, 0.25) is 0 Å². The van der Waals surface area contributed by atoms with E-state index in [1.165, 1.54) is 11.8 Å². The van der Waals surface area contributed by atoms with Crippen molar-refractivity contribution < 1.29 is 4.79 Å². The molecule has 3 nitrogen and oxygen atoms in total. The highest BCUT2D eigenvalue weighted by molar-refractivity contribution is 8.16. The number of piperidine rings is 1. The van der Waals surface area contributed by atoms with Gasteiger partial charge in [-0.2, -0.15) is 0 Å². The smallest absolute Gasteiger partial charge is 0.229 e. The summed E-state index contributed by atoms with van der Waals surface area (Å²) >= 11 is 1.37. The van der Waals surface area contributed by atoms with Gasteiger partial charge in [-0.05, 0) is 32.1 Å². The molecular formula is C11H18N2OS. The number of hydrogen-bond acceptors (Lipinski definition) is 3. The second-order valence-electron chi connectivity index (χ2n) is 3.67. The zero-order valence-corrected chi connectivity index (χ0v) is 10.1. The molecule has 1 N–H and O–H groups in total. The van der Waals surface area contributed by atoms with Crippen molar-refractivity contribution in [1.82, 2.24) is 4.90 Å². The molecule has 4 heteroatoms.